The summed E-state index contributed by atoms with van der Waals surface area (Å²) in [5, 5.41) is 13.2. The van der Waals surface area contributed by atoms with Gasteiger partial charge in [0, 0.05) is 18.3 Å². The normalized spacial score (nSPS) is 18.3. The maximum Gasteiger partial charge on any atom is 0.127 e. The molecule has 4 nitrogen and oxygen atoms in total. The molecule has 1 saturated carbocycles. The maximum absolute atomic E-state index is 9.70. The summed E-state index contributed by atoms with van der Waals surface area (Å²) < 4.78 is 2.15. The van der Waals surface area contributed by atoms with Crippen LogP contribution in [0.25, 0.3) is 0 Å². The average molecular weight is 260 g/mol. The predicted molar refractivity (Wildman–Crippen MR) is 75.7 cm³/mol. The first-order chi connectivity index (χ1) is 9.13. The summed E-state index contributed by atoms with van der Waals surface area (Å²) in [5.74, 6) is 1.95. The van der Waals surface area contributed by atoms with Crippen LogP contribution >= 0.6 is 0 Å². The lowest BCUT2D eigenvalue weighted by Gasteiger charge is -2.29. The molecule has 1 aromatic heterocycles. The number of aromatic nitrogens is 2. The van der Waals surface area contributed by atoms with E-state index in [2.05, 4.69) is 41.7 Å². The highest BCUT2D eigenvalue weighted by Crippen LogP contribution is 2.40. The third-order valence-electron chi connectivity index (χ3n) is 3.85. The molecule has 4 heteroatoms. The van der Waals surface area contributed by atoms with Crippen molar-refractivity contribution in [3.8, 4) is 6.07 Å². The van der Waals surface area contributed by atoms with Crippen molar-refractivity contribution in [2.75, 3.05) is 6.54 Å². The van der Waals surface area contributed by atoms with E-state index in [4.69, 9.17) is 0 Å². The quantitative estimate of drug-likeness (QED) is 0.820. The molecule has 0 aromatic carbocycles. The highest BCUT2D eigenvalue weighted by molar-refractivity contribution is 5.16. The molecule has 1 N–H and O–H groups in total. The average Bonchev–Trinajstić information content (AvgIpc) is 3.15. The molecule has 0 bridgehead atoms. The molecule has 1 aliphatic carbocycles. The van der Waals surface area contributed by atoms with Gasteiger partial charge in [-0.05, 0) is 31.7 Å². The first-order valence-corrected chi connectivity index (χ1v) is 7.30. The van der Waals surface area contributed by atoms with E-state index in [-0.39, 0.29) is 0 Å². The molecule has 1 aliphatic rings. The minimum atomic E-state index is -0.416. The monoisotopic (exact) mass is 260 g/mol. The van der Waals surface area contributed by atoms with E-state index in [9.17, 15) is 5.26 Å². The molecular formula is C15H24N4. The van der Waals surface area contributed by atoms with Gasteiger partial charge in [0.25, 0.3) is 0 Å². The van der Waals surface area contributed by atoms with Gasteiger partial charge in [-0.1, -0.05) is 20.8 Å². The Balaban J connectivity index is 2.20. The van der Waals surface area contributed by atoms with E-state index in [1.165, 1.54) is 0 Å². The van der Waals surface area contributed by atoms with Crippen molar-refractivity contribution in [1.82, 2.24) is 14.9 Å². The van der Waals surface area contributed by atoms with Gasteiger partial charge in [-0.25, -0.2) is 4.98 Å². The fourth-order valence-electron chi connectivity index (χ4n) is 2.64. The van der Waals surface area contributed by atoms with Crippen molar-refractivity contribution >= 4 is 0 Å². The summed E-state index contributed by atoms with van der Waals surface area (Å²) in [7, 11) is 0. The van der Waals surface area contributed by atoms with Crippen molar-refractivity contribution in [2.45, 2.75) is 58.0 Å². The van der Waals surface area contributed by atoms with Gasteiger partial charge in [-0.3, -0.25) is 5.32 Å². The van der Waals surface area contributed by atoms with Gasteiger partial charge in [0.1, 0.15) is 11.4 Å². The minimum Gasteiger partial charge on any atom is -0.332 e. The molecule has 0 radical (unpaired) electrons. The summed E-state index contributed by atoms with van der Waals surface area (Å²) in [4.78, 5) is 4.42. The number of rotatable bonds is 7. The van der Waals surface area contributed by atoms with Crippen molar-refractivity contribution in [3.63, 3.8) is 0 Å². The fraction of sp³-hybridized carbons (Fsp3) is 0.733. The predicted octanol–water partition coefficient (Wildman–Crippen LogP) is 2.68. The van der Waals surface area contributed by atoms with Crippen LogP contribution in [0.3, 0.4) is 0 Å². The Morgan fingerprint density at radius 3 is 2.84 bits per heavy atom. The summed E-state index contributed by atoms with van der Waals surface area (Å²) in [6.07, 6.45) is 7.21. The molecule has 104 valence electrons. The first-order valence-electron chi connectivity index (χ1n) is 7.30. The number of imidazole rings is 1. The number of nitrogens with one attached hydrogen (secondary N) is 1. The number of nitriles is 1. The Kier molecular flexibility index (Phi) is 4.26. The topological polar surface area (TPSA) is 53.6 Å². The van der Waals surface area contributed by atoms with Crippen LogP contribution in [-0.2, 0) is 6.54 Å². The van der Waals surface area contributed by atoms with E-state index >= 15 is 0 Å². The van der Waals surface area contributed by atoms with Crippen LogP contribution in [0.2, 0.25) is 0 Å². The van der Waals surface area contributed by atoms with Crippen molar-refractivity contribution < 1.29 is 0 Å². The van der Waals surface area contributed by atoms with Gasteiger partial charge in [-0.15, -0.1) is 0 Å². The molecule has 0 spiro atoms. The molecule has 0 amide bonds. The van der Waals surface area contributed by atoms with Crippen LogP contribution < -0.4 is 5.32 Å². The first kappa shape index (κ1) is 14.1. The molecule has 2 rings (SSSR count). The molecule has 1 aromatic rings. The summed E-state index contributed by atoms with van der Waals surface area (Å²) in [6.45, 7) is 8.03. The van der Waals surface area contributed by atoms with Gasteiger partial charge < -0.3 is 4.57 Å². The second-order valence-electron chi connectivity index (χ2n) is 5.85. The Morgan fingerprint density at radius 2 is 2.32 bits per heavy atom. The van der Waals surface area contributed by atoms with Crippen LogP contribution in [0.5, 0.6) is 0 Å². The zero-order valence-electron chi connectivity index (χ0n) is 12.2. The van der Waals surface area contributed by atoms with Crippen LogP contribution in [0.1, 0.15) is 51.8 Å². The van der Waals surface area contributed by atoms with Gasteiger partial charge in [-0.2, -0.15) is 5.26 Å². The van der Waals surface area contributed by atoms with Crippen molar-refractivity contribution in [1.29, 1.82) is 5.26 Å². The Bertz CT molecular complexity index is 453. The lowest BCUT2D eigenvalue weighted by Crippen LogP contribution is -2.50. The van der Waals surface area contributed by atoms with E-state index in [0.29, 0.717) is 18.4 Å². The second-order valence-corrected chi connectivity index (χ2v) is 5.85. The lowest BCUT2D eigenvalue weighted by atomic mass is 9.94. The Morgan fingerprint density at radius 1 is 1.58 bits per heavy atom. The maximum atomic E-state index is 9.70. The molecule has 1 fully saturated rings. The van der Waals surface area contributed by atoms with Gasteiger partial charge in [0.05, 0.1) is 12.6 Å². The highest BCUT2D eigenvalue weighted by atomic mass is 15.1. The van der Waals surface area contributed by atoms with E-state index in [1.54, 1.807) is 0 Å². The largest absolute Gasteiger partial charge is 0.332 e. The van der Waals surface area contributed by atoms with Crippen LogP contribution in [0.4, 0.5) is 0 Å². The molecule has 19 heavy (non-hydrogen) atoms. The molecule has 0 saturated heterocycles. The van der Waals surface area contributed by atoms with Crippen molar-refractivity contribution in [2.24, 2.45) is 5.92 Å². The number of hydrogen-bond acceptors (Lipinski definition) is 3. The Hall–Kier alpha value is -1.34. The van der Waals surface area contributed by atoms with Crippen molar-refractivity contribution in [3.05, 3.63) is 18.2 Å². The standard InChI is InChI=1S/C15H24N4/c1-4-7-18-15(10-16,13-5-6-13)11-19-9-8-17-14(19)12(2)3/h8-9,12-13,18H,4-7,11H2,1-3H3. The number of hydrogen-bond donors (Lipinski definition) is 1. The molecule has 1 atom stereocenters. The summed E-state index contributed by atoms with van der Waals surface area (Å²) in [5.41, 5.74) is -0.416. The smallest absolute Gasteiger partial charge is 0.127 e. The SMILES string of the molecule is CCCNC(C#N)(Cn1ccnc1C(C)C)C1CC1. The van der Waals surface area contributed by atoms with E-state index in [0.717, 1.165) is 31.6 Å². The van der Waals surface area contributed by atoms with Gasteiger partial charge in [0.2, 0.25) is 0 Å². The molecule has 1 unspecified atom stereocenters. The fourth-order valence-corrected chi connectivity index (χ4v) is 2.64. The minimum absolute atomic E-state index is 0.386. The molecule has 1 heterocycles. The zero-order chi connectivity index (χ0) is 13.9. The summed E-state index contributed by atoms with van der Waals surface area (Å²) in [6, 6.07) is 2.56. The van der Waals surface area contributed by atoms with E-state index < -0.39 is 5.54 Å². The highest BCUT2D eigenvalue weighted by Gasteiger charge is 2.45. The lowest BCUT2D eigenvalue weighted by molar-refractivity contribution is 0.313. The zero-order valence-corrected chi connectivity index (χ0v) is 12.2. The van der Waals surface area contributed by atoms with Crippen LogP contribution in [-0.4, -0.2) is 21.6 Å². The van der Waals surface area contributed by atoms with Gasteiger partial charge in [0.15, 0.2) is 0 Å². The third-order valence-corrected chi connectivity index (χ3v) is 3.85. The number of nitrogens with zero attached hydrogens (tertiary/aromatic N) is 3. The summed E-state index contributed by atoms with van der Waals surface area (Å²) >= 11 is 0. The second kappa shape index (κ2) is 5.75. The van der Waals surface area contributed by atoms with Crippen LogP contribution in [0.15, 0.2) is 12.4 Å². The Labute approximate surface area is 115 Å². The van der Waals surface area contributed by atoms with E-state index in [1.807, 2.05) is 12.4 Å². The van der Waals surface area contributed by atoms with Gasteiger partial charge >= 0.3 is 0 Å². The third kappa shape index (κ3) is 2.98. The van der Waals surface area contributed by atoms with Crippen LogP contribution in [0, 0.1) is 17.2 Å². The molecule has 0 aliphatic heterocycles. The molecular weight excluding hydrogens is 236 g/mol.